The van der Waals surface area contributed by atoms with E-state index in [9.17, 15) is 10.1 Å². The van der Waals surface area contributed by atoms with Crippen LogP contribution < -0.4 is 5.32 Å². The smallest absolute Gasteiger partial charge is 0.269 e. The first-order valence-electron chi connectivity index (χ1n) is 6.07. The SMILES string of the molecule is Cn1cc(CCNCc2cccc([N+](=O)[O-])c2)cn1. The van der Waals surface area contributed by atoms with E-state index in [1.165, 1.54) is 11.6 Å². The van der Waals surface area contributed by atoms with Crippen LogP contribution in [0.25, 0.3) is 0 Å². The van der Waals surface area contributed by atoms with Crippen LogP contribution >= 0.6 is 0 Å². The number of nitro benzene ring substituents is 1. The molecule has 0 spiro atoms. The van der Waals surface area contributed by atoms with Crippen LogP contribution in [-0.2, 0) is 20.0 Å². The fourth-order valence-corrected chi connectivity index (χ4v) is 1.85. The average Bonchev–Trinajstić information content (AvgIpc) is 2.81. The summed E-state index contributed by atoms with van der Waals surface area (Å²) < 4.78 is 1.77. The van der Waals surface area contributed by atoms with Crippen molar-refractivity contribution < 1.29 is 4.92 Å². The summed E-state index contributed by atoms with van der Waals surface area (Å²) in [7, 11) is 1.89. The Bertz CT molecular complexity index is 565. The van der Waals surface area contributed by atoms with E-state index in [0.717, 1.165) is 18.5 Å². The van der Waals surface area contributed by atoms with Crippen molar-refractivity contribution in [3.8, 4) is 0 Å². The number of aromatic nitrogens is 2. The van der Waals surface area contributed by atoms with E-state index in [1.54, 1.807) is 16.8 Å². The summed E-state index contributed by atoms with van der Waals surface area (Å²) in [6.45, 7) is 1.44. The Morgan fingerprint density at radius 3 is 2.95 bits per heavy atom. The molecule has 0 aliphatic heterocycles. The van der Waals surface area contributed by atoms with Crippen LogP contribution in [0.1, 0.15) is 11.1 Å². The molecule has 0 radical (unpaired) electrons. The zero-order valence-electron chi connectivity index (χ0n) is 10.7. The molecule has 0 bridgehead atoms. The van der Waals surface area contributed by atoms with Gasteiger partial charge in [-0.2, -0.15) is 5.10 Å². The van der Waals surface area contributed by atoms with Crippen LogP contribution in [0.4, 0.5) is 5.69 Å². The minimum absolute atomic E-state index is 0.131. The van der Waals surface area contributed by atoms with Gasteiger partial charge in [-0.3, -0.25) is 14.8 Å². The highest BCUT2D eigenvalue weighted by Gasteiger charge is 2.05. The van der Waals surface area contributed by atoms with E-state index in [4.69, 9.17) is 0 Å². The number of hydrogen-bond acceptors (Lipinski definition) is 4. The summed E-state index contributed by atoms with van der Waals surface area (Å²) in [4.78, 5) is 10.3. The number of nitro groups is 1. The summed E-state index contributed by atoms with van der Waals surface area (Å²) in [6, 6.07) is 6.68. The Morgan fingerprint density at radius 1 is 1.42 bits per heavy atom. The first kappa shape index (κ1) is 13.2. The van der Waals surface area contributed by atoms with Crippen LogP contribution in [0.5, 0.6) is 0 Å². The van der Waals surface area contributed by atoms with Crippen molar-refractivity contribution in [3.63, 3.8) is 0 Å². The van der Waals surface area contributed by atoms with Gasteiger partial charge in [0.1, 0.15) is 0 Å². The van der Waals surface area contributed by atoms with Crippen molar-refractivity contribution in [2.75, 3.05) is 6.54 Å². The van der Waals surface area contributed by atoms with Crippen LogP contribution in [0.15, 0.2) is 36.7 Å². The van der Waals surface area contributed by atoms with Gasteiger partial charge in [-0.15, -0.1) is 0 Å². The van der Waals surface area contributed by atoms with E-state index in [-0.39, 0.29) is 10.6 Å². The van der Waals surface area contributed by atoms with E-state index < -0.39 is 0 Å². The summed E-state index contributed by atoms with van der Waals surface area (Å²) >= 11 is 0. The molecule has 2 rings (SSSR count). The van der Waals surface area contributed by atoms with Crippen molar-refractivity contribution in [2.45, 2.75) is 13.0 Å². The lowest BCUT2D eigenvalue weighted by atomic mass is 10.2. The van der Waals surface area contributed by atoms with Gasteiger partial charge in [-0.25, -0.2) is 0 Å². The largest absolute Gasteiger partial charge is 0.312 e. The molecule has 0 aliphatic carbocycles. The van der Waals surface area contributed by atoms with E-state index in [2.05, 4.69) is 10.4 Å². The quantitative estimate of drug-likeness (QED) is 0.487. The van der Waals surface area contributed by atoms with Gasteiger partial charge in [-0.1, -0.05) is 12.1 Å². The van der Waals surface area contributed by atoms with Gasteiger partial charge in [0.05, 0.1) is 11.1 Å². The molecule has 0 saturated carbocycles. The molecule has 1 aromatic carbocycles. The predicted octanol–water partition coefficient (Wildman–Crippen LogP) is 1.66. The second-order valence-corrected chi connectivity index (χ2v) is 4.38. The molecule has 0 amide bonds. The number of rotatable bonds is 6. The third-order valence-corrected chi connectivity index (χ3v) is 2.80. The van der Waals surface area contributed by atoms with Crippen LogP contribution in [-0.4, -0.2) is 21.2 Å². The number of non-ortho nitro benzene ring substituents is 1. The number of benzene rings is 1. The van der Waals surface area contributed by atoms with Gasteiger partial charge in [0.2, 0.25) is 0 Å². The Kier molecular flexibility index (Phi) is 4.25. The fourth-order valence-electron chi connectivity index (χ4n) is 1.85. The zero-order chi connectivity index (χ0) is 13.7. The Balaban J connectivity index is 1.79. The number of nitrogens with zero attached hydrogens (tertiary/aromatic N) is 3. The minimum atomic E-state index is -0.376. The Hall–Kier alpha value is -2.21. The molecule has 19 heavy (non-hydrogen) atoms. The Labute approximate surface area is 111 Å². The third-order valence-electron chi connectivity index (χ3n) is 2.80. The van der Waals surface area contributed by atoms with Crippen LogP contribution in [0.3, 0.4) is 0 Å². The second-order valence-electron chi connectivity index (χ2n) is 4.38. The van der Waals surface area contributed by atoms with E-state index >= 15 is 0 Å². The maximum atomic E-state index is 10.6. The standard InChI is InChI=1S/C13H16N4O2/c1-16-10-12(9-15-16)5-6-14-8-11-3-2-4-13(7-11)17(18)19/h2-4,7,9-10,14H,5-6,8H2,1H3. The Morgan fingerprint density at radius 2 is 2.26 bits per heavy atom. The van der Waals surface area contributed by atoms with Gasteiger partial charge in [0.15, 0.2) is 0 Å². The molecule has 0 saturated heterocycles. The van der Waals surface area contributed by atoms with Gasteiger partial charge in [-0.05, 0) is 24.1 Å². The normalized spacial score (nSPS) is 10.6. The topological polar surface area (TPSA) is 73.0 Å². The average molecular weight is 260 g/mol. The van der Waals surface area contributed by atoms with Crippen molar-refractivity contribution >= 4 is 5.69 Å². The first-order valence-corrected chi connectivity index (χ1v) is 6.07. The number of aryl methyl sites for hydroxylation is 1. The van der Waals surface area contributed by atoms with E-state index in [1.807, 2.05) is 25.5 Å². The summed E-state index contributed by atoms with van der Waals surface area (Å²) in [5.41, 5.74) is 2.22. The highest BCUT2D eigenvalue weighted by Crippen LogP contribution is 2.12. The first-order chi connectivity index (χ1) is 9.15. The fraction of sp³-hybridized carbons (Fsp3) is 0.308. The molecule has 6 nitrogen and oxygen atoms in total. The molecule has 2 aromatic rings. The molecule has 100 valence electrons. The molecule has 0 unspecified atom stereocenters. The molecule has 0 fully saturated rings. The zero-order valence-corrected chi connectivity index (χ0v) is 10.7. The summed E-state index contributed by atoms with van der Waals surface area (Å²) in [5, 5.41) is 18.0. The summed E-state index contributed by atoms with van der Waals surface area (Å²) in [5.74, 6) is 0. The van der Waals surface area contributed by atoms with Gasteiger partial charge in [0, 0.05) is 31.9 Å². The molecule has 1 heterocycles. The molecule has 1 N–H and O–H groups in total. The molecule has 6 heteroatoms. The molecule has 0 aliphatic rings. The monoisotopic (exact) mass is 260 g/mol. The highest BCUT2D eigenvalue weighted by molar-refractivity contribution is 5.34. The van der Waals surface area contributed by atoms with E-state index in [0.29, 0.717) is 6.54 Å². The van der Waals surface area contributed by atoms with Gasteiger partial charge in [0.25, 0.3) is 5.69 Å². The number of hydrogen-bond donors (Lipinski definition) is 1. The second kappa shape index (κ2) is 6.10. The predicted molar refractivity (Wildman–Crippen MR) is 71.7 cm³/mol. The molecular formula is C13H16N4O2. The third kappa shape index (κ3) is 3.89. The summed E-state index contributed by atoms with van der Waals surface area (Å²) in [6.07, 6.45) is 4.72. The molecular weight excluding hydrogens is 244 g/mol. The van der Waals surface area contributed by atoms with Gasteiger partial charge >= 0.3 is 0 Å². The lowest BCUT2D eigenvalue weighted by Crippen LogP contribution is -2.16. The minimum Gasteiger partial charge on any atom is -0.312 e. The number of nitrogens with one attached hydrogen (secondary N) is 1. The van der Waals surface area contributed by atoms with Crippen molar-refractivity contribution in [1.82, 2.24) is 15.1 Å². The van der Waals surface area contributed by atoms with Gasteiger partial charge < -0.3 is 5.32 Å². The lowest BCUT2D eigenvalue weighted by Gasteiger charge is -2.03. The molecule has 0 atom stereocenters. The van der Waals surface area contributed by atoms with Crippen molar-refractivity contribution in [1.29, 1.82) is 0 Å². The van der Waals surface area contributed by atoms with Crippen LogP contribution in [0, 0.1) is 10.1 Å². The van der Waals surface area contributed by atoms with Crippen molar-refractivity contribution in [3.05, 3.63) is 57.9 Å². The lowest BCUT2D eigenvalue weighted by molar-refractivity contribution is -0.384. The maximum Gasteiger partial charge on any atom is 0.269 e. The highest BCUT2D eigenvalue weighted by atomic mass is 16.6. The van der Waals surface area contributed by atoms with Crippen LogP contribution in [0.2, 0.25) is 0 Å². The van der Waals surface area contributed by atoms with Crippen molar-refractivity contribution in [2.24, 2.45) is 7.05 Å². The molecule has 1 aromatic heterocycles. The maximum absolute atomic E-state index is 10.6.